The Hall–Kier alpha value is -0.570. The lowest BCUT2D eigenvalue weighted by atomic mass is 9.74. The standard InChI is InChI=1S/C15H27NO2/c1-10(2)12-7-6-11(3)14(9-12)16-8-4-5-13(16)15(17)18/h10-14H,4-9H2,1-3H3,(H,17,18). The van der Waals surface area contributed by atoms with Gasteiger partial charge in [-0.3, -0.25) is 9.69 Å². The lowest BCUT2D eigenvalue weighted by Gasteiger charge is -2.42. The van der Waals surface area contributed by atoms with Gasteiger partial charge in [-0.25, -0.2) is 0 Å². The Morgan fingerprint density at radius 2 is 2.00 bits per heavy atom. The molecular formula is C15H27NO2. The molecule has 2 fully saturated rings. The van der Waals surface area contributed by atoms with Gasteiger partial charge in [-0.05, 0) is 56.4 Å². The molecule has 4 unspecified atom stereocenters. The van der Waals surface area contributed by atoms with E-state index in [0.29, 0.717) is 12.0 Å². The Kier molecular flexibility index (Phi) is 4.31. The third kappa shape index (κ3) is 2.71. The van der Waals surface area contributed by atoms with Gasteiger partial charge < -0.3 is 5.11 Å². The highest BCUT2D eigenvalue weighted by atomic mass is 16.4. The molecule has 0 radical (unpaired) electrons. The third-order valence-corrected chi connectivity index (χ3v) is 5.14. The molecule has 0 bridgehead atoms. The van der Waals surface area contributed by atoms with Crippen LogP contribution in [0.15, 0.2) is 0 Å². The summed E-state index contributed by atoms with van der Waals surface area (Å²) < 4.78 is 0. The van der Waals surface area contributed by atoms with E-state index in [4.69, 9.17) is 0 Å². The van der Waals surface area contributed by atoms with Crippen molar-refractivity contribution >= 4 is 5.97 Å². The van der Waals surface area contributed by atoms with Crippen molar-refractivity contribution in [3.05, 3.63) is 0 Å². The molecule has 0 spiro atoms. The van der Waals surface area contributed by atoms with Crippen molar-refractivity contribution in [2.24, 2.45) is 17.8 Å². The summed E-state index contributed by atoms with van der Waals surface area (Å²) in [6, 6.07) is 0.276. The summed E-state index contributed by atoms with van der Waals surface area (Å²) in [5.74, 6) is 1.54. The van der Waals surface area contributed by atoms with Gasteiger partial charge in [0.05, 0.1) is 0 Å². The summed E-state index contributed by atoms with van der Waals surface area (Å²) in [7, 11) is 0. The van der Waals surface area contributed by atoms with Crippen molar-refractivity contribution in [1.29, 1.82) is 0 Å². The highest BCUT2D eigenvalue weighted by Crippen LogP contribution is 2.38. The van der Waals surface area contributed by atoms with Crippen molar-refractivity contribution < 1.29 is 9.90 Å². The van der Waals surface area contributed by atoms with Crippen LogP contribution >= 0.6 is 0 Å². The van der Waals surface area contributed by atoms with Gasteiger partial charge in [0.1, 0.15) is 6.04 Å². The largest absolute Gasteiger partial charge is 0.480 e. The Labute approximate surface area is 111 Å². The summed E-state index contributed by atoms with van der Waals surface area (Å²) in [5.41, 5.74) is 0. The van der Waals surface area contributed by atoms with Gasteiger partial charge in [0, 0.05) is 6.04 Å². The van der Waals surface area contributed by atoms with E-state index in [-0.39, 0.29) is 6.04 Å². The number of aliphatic carboxylic acids is 1. The number of rotatable bonds is 3. The molecular weight excluding hydrogens is 226 g/mol. The second-order valence-corrected chi connectivity index (χ2v) is 6.60. The summed E-state index contributed by atoms with van der Waals surface area (Å²) in [4.78, 5) is 13.6. The number of likely N-dealkylation sites (tertiary alicyclic amines) is 1. The van der Waals surface area contributed by atoms with Gasteiger partial charge in [-0.1, -0.05) is 20.8 Å². The van der Waals surface area contributed by atoms with E-state index in [9.17, 15) is 9.90 Å². The van der Waals surface area contributed by atoms with Gasteiger partial charge in [-0.2, -0.15) is 0 Å². The smallest absolute Gasteiger partial charge is 0.320 e. The molecule has 3 nitrogen and oxygen atoms in total. The summed E-state index contributed by atoms with van der Waals surface area (Å²) in [5, 5.41) is 9.33. The minimum Gasteiger partial charge on any atom is -0.480 e. The Morgan fingerprint density at radius 3 is 2.61 bits per heavy atom. The van der Waals surface area contributed by atoms with Crippen LogP contribution in [0.1, 0.15) is 52.9 Å². The minimum atomic E-state index is -0.619. The molecule has 18 heavy (non-hydrogen) atoms. The fraction of sp³-hybridized carbons (Fsp3) is 0.933. The zero-order valence-electron chi connectivity index (χ0n) is 11.9. The second kappa shape index (κ2) is 5.60. The first kappa shape index (κ1) is 13.9. The number of hydrogen-bond acceptors (Lipinski definition) is 2. The number of nitrogens with zero attached hydrogens (tertiary/aromatic N) is 1. The van der Waals surface area contributed by atoms with E-state index in [0.717, 1.165) is 31.2 Å². The maximum Gasteiger partial charge on any atom is 0.320 e. The van der Waals surface area contributed by atoms with Crippen molar-refractivity contribution in [1.82, 2.24) is 4.90 Å². The molecule has 0 aromatic heterocycles. The van der Waals surface area contributed by atoms with Crippen LogP contribution in [0, 0.1) is 17.8 Å². The van der Waals surface area contributed by atoms with Crippen LogP contribution in [0.4, 0.5) is 0 Å². The second-order valence-electron chi connectivity index (χ2n) is 6.60. The number of hydrogen-bond donors (Lipinski definition) is 1. The molecule has 3 heteroatoms. The maximum absolute atomic E-state index is 11.3. The quantitative estimate of drug-likeness (QED) is 0.840. The first-order chi connectivity index (χ1) is 8.50. The zero-order chi connectivity index (χ0) is 13.3. The molecule has 1 N–H and O–H groups in total. The fourth-order valence-electron chi connectivity index (χ4n) is 3.85. The summed E-state index contributed by atoms with van der Waals surface area (Å²) in [6.07, 6.45) is 5.66. The van der Waals surface area contributed by atoms with Crippen LogP contribution in [0.2, 0.25) is 0 Å². The highest BCUT2D eigenvalue weighted by Gasteiger charge is 2.40. The van der Waals surface area contributed by atoms with Gasteiger partial charge in [0.15, 0.2) is 0 Å². The normalized spacial score (nSPS) is 38.2. The summed E-state index contributed by atoms with van der Waals surface area (Å²) in [6.45, 7) is 7.89. The Bertz CT molecular complexity index is 303. The molecule has 104 valence electrons. The molecule has 1 saturated heterocycles. The molecule has 1 aliphatic carbocycles. The Balaban J connectivity index is 2.07. The van der Waals surface area contributed by atoms with Crippen LogP contribution in [0.25, 0.3) is 0 Å². The average molecular weight is 253 g/mol. The predicted octanol–water partition coefficient (Wildman–Crippen LogP) is 3.00. The van der Waals surface area contributed by atoms with Crippen LogP contribution in [-0.2, 0) is 4.79 Å². The first-order valence-electron chi connectivity index (χ1n) is 7.49. The van der Waals surface area contributed by atoms with Crippen molar-refractivity contribution in [3.63, 3.8) is 0 Å². The molecule has 4 atom stereocenters. The van der Waals surface area contributed by atoms with Gasteiger partial charge >= 0.3 is 5.97 Å². The van der Waals surface area contributed by atoms with E-state index in [1.54, 1.807) is 0 Å². The van der Waals surface area contributed by atoms with E-state index < -0.39 is 5.97 Å². The minimum absolute atomic E-state index is 0.219. The van der Waals surface area contributed by atoms with Crippen LogP contribution < -0.4 is 0 Å². The van der Waals surface area contributed by atoms with Crippen molar-refractivity contribution in [2.45, 2.75) is 65.0 Å². The van der Waals surface area contributed by atoms with Gasteiger partial charge in [0.2, 0.25) is 0 Å². The van der Waals surface area contributed by atoms with Crippen LogP contribution in [0.3, 0.4) is 0 Å². The van der Waals surface area contributed by atoms with Gasteiger partial charge in [-0.15, -0.1) is 0 Å². The average Bonchev–Trinajstić information content (AvgIpc) is 2.78. The lowest BCUT2D eigenvalue weighted by molar-refractivity contribution is -0.143. The van der Waals surface area contributed by atoms with E-state index in [2.05, 4.69) is 25.7 Å². The first-order valence-corrected chi connectivity index (χ1v) is 7.49. The van der Waals surface area contributed by atoms with Crippen LogP contribution in [-0.4, -0.2) is 34.6 Å². The predicted molar refractivity (Wildman–Crippen MR) is 72.5 cm³/mol. The van der Waals surface area contributed by atoms with Crippen molar-refractivity contribution in [3.8, 4) is 0 Å². The fourth-order valence-corrected chi connectivity index (χ4v) is 3.85. The lowest BCUT2D eigenvalue weighted by Crippen LogP contribution is -2.49. The van der Waals surface area contributed by atoms with E-state index in [1.807, 2.05) is 0 Å². The highest BCUT2D eigenvalue weighted by molar-refractivity contribution is 5.73. The topological polar surface area (TPSA) is 40.5 Å². The number of carbonyl (C=O) groups is 1. The van der Waals surface area contributed by atoms with E-state index >= 15 is 0 Å². The molecule has 0 amide bonds. The molecule has 0 aromatic rings. The Morgan fingerprint density at radius 1 is 1.28 bits per heavy atom. The van der Waals surface area contributed by atoms with E-state index in [1.165, 1.54) is 19.3 Å². The molecule has 1 aliphatic heterocycles. The van der Waals surface area contributed by atoms with Crippen molar-refractivity contribution in [2.75, 3.05) is 6.54 Å². The third-order valence-electron chi connectivity index (χ3n) is 5.14. The summed E-state index contributed by atoms with van der Waals surface area (Å²) >= 11 is 0. The molecule has 0 aromatic carbocycles. The van der Waals surface area contributed by atoms with Gasteiger partial charge in [0.25, 0.3) is 0 Å². The molecule has 2 rings (SSSR count). The molecule has 1 heterocycles. The molecule has 1 saturated carbocycles. The molecule has 2 aliphatic rings. The monoisotopic (exact) mass is 253 g/mol. The zero-order valence-corrected chi connectivity index (χ0v) is 11.9. The van der Waals surface area contributed by atoms with Crippen LogP contribution in [0.5, 0.6) is 0 Å². The number of carboxylic acids is 1. The maximum atomic E-state index is 11.3. The SMILES string of the molecule is CC(C)C1CCC(C)C(N2CCCC2C(=O)O)C1. The number of carboxylic acid groups (broad SMARTS) is 1.